The van der Waals surface area contributed by atoms with Gasteiger partial charge in [0.15, 0.2) is 17.3 Å². The summed E-state index contributed by atoms with van der Waals surface area (Å²) in [6.07, 6.45) is 3.15. The van der Waals surface area contributed by atoms with Crippen molar-refractivity contribution in [2.24, 2.45) is 0 Å². The van der Waals surface area contributed by atoms with Crippen LogP contribution in [0.2, 0.25) is 0 Å². The van der Waals surface area contributed by atoms with Crippen LogP contribution in [0.15, 0.2) is 41.1 Å². The predicted molar refractivity (Wildman–Crippen MR) is 133 cm³/mol. The molecular weight excluding hydrogens is 481 g/mol. The van der Waals surface area contributed by atoms with Gasteiger partial charge in [0.25, 0.3) is 5.91 Å². The van der Waals surface area contributed by atoms with Crippen molar-refractivity contribution in [2.75, 3.05) is 26.9 Å². The number of hydrogen-bond acceptors (Lipinski definition) is 8. The fourth-order valence-electron chi connectivity index (χ4n) is 4.64. The molecule has 194 valence electrons. The second-order valence-electron chi connectivity index (χ2n) is 9.56. The first-order chi connectivity index (χ1) is 17.8. The first-order valence-electron chi connectivity index (χ1n) is 12.0. The zero-order valence-electron chi connectivity index (χ0n) is 20.8. The van der Waals surface area contributed by atoms with E-state index in [4.69, 9.17) is 14.0 Å². The van der Waals surface area contributed by atoms with Crippen LogP contribution in [0.4, 0.5) is 4.39 Å². The summed E-state index contributed by atoms with van der Waals surface area (Å²) in [6, 6.07) is 7.68. The smallest absolute Gasteiger partial charge is 0.272 e. The number of aromatic amines is 1. The number of carbonyl (C=O) groups excluding carboxylic acids is 1. The quantitative estimate of drug-likeness (QED) is 0.343. The molecule has 5 rings (SSSR count). The molecule has 1 amide bonds. The third-order valence-corrected chi connectivity index (χ3v) is 6.51. The molecule has 2 N–H and O–H groups in total. The molecule has 0 spiro atoms. The fourth-order valence-corrected chi connectivity index (χ4v) is 4.64. The van der Waals surface area contributed by atoms with Gasteiger partial charge in [-0.25, -0.2) is 4.39 Å². The van der Waals surface area contributed by atoms with Crippen molar-refractivity contribution in [1.82, 2.24) is 25.2 Å². The molecule has 0 bridgehead atoms. The molecule has 1 aromatic carbocycles. The maximum absolute atomic E-state index is 14.6. The number of nitrogens with one attached hydrogen (secondary N) is 1. The molecule has 0 saturated carbocycles. The Balaban J connectivity index is 1.35. The lowest BCUT2D eigenvalue weighted by molar-refractivity contribution is 0.000121. The average Bonchev–Trinajstić information content (AvgIpc) is 3.63. The van der Waals surface area contributed by atoms with E-state index in [0.717, 1.165) is 12.8 Å². The number of rotatable bonds is 8. The summed E-state index contributed by atoms with van der Waals surface area (Å²) in [4.78, 5) is 19.0. The Morgan fingerprint density at radius 2 is 2.14 bits per heavy atom. The zero-order chi connectivity index (χ0) is 26.2. The Morgan fingerprint density at radius 1 is 1.30 bits per heavy atom. The summed E-state index contributed by atoms with van der Waals surface area (Å²) < 4.78 is 30.4. The van der Waals surface area contributed by atoms with Gasteiger partial charge < -0.3 is 24.0 Å². The maximum atomic E-state index is 14.6. The highest BCUT2D eigenvalue weighted by atomic mass is 19.1. The molecule has 0 unspecified atom stereocenters. The molecule has 1 fully saturated rings. The van der Waals surface area contributed by atoms with Crippen molar-refractivity contribution < 1.29 is 28.3 Å². The fraction of sp³-hybridized carbons (Fsp3) is 0.385. The number of carbonyl (C=O) groups is 1. The molecule has 1 saturated heterocycles. The van der Waals surface area contributed by atoms with Gasteiger partial charge in [-0.1, -0.05) is 5.16 Å². The van der Waals surface area contributed by atoms with Crippen molar-refractivity contribution in [3.8, 4) is 28.5 Å². The minimum Gasteiger partial charge on any atom is -0.488 e. The van der Waals surface area contributed by atoms with E-state index < -0.39 is 11.4 Å². The van der Waals surface area contributed by atoms with Crippen LogP contribution in [0.3, 0.4) is 0 Å². The van der Waals surface area contributed by atoms with Crippen LogP contribution in [0.25, 0.3) is 33.6 Å². The Labute approximate surface area is 212 Å². The van der Waals surface area contributed by atoms with Gasteiger partial charge in [-0.3, -0.25) is 14.9 Å². The van der Waals surface area contributed by atoms with E-state index in [0.29, 0.717) is 52.5 Å². The standard InChI is InChI=1S/C26H28FN5O5/c1-26(2,34)23-5-4-8-32(23)25(33)18-7-6-15(14-28-18)19-12-22(37-31-19)24-16-11-17(27)21(36-10-9-35-3)13-20(16)29-30-24/h6-7,11-14,23,34H,4-5,8-10H2,1-3H3,(H,29,30)/t23-/m0/s1. The number of H-pyrrole nitrogens is 1. The van der Waals surface area contributed by atoms with Gasteiger partial charge in [0.1, 0.15) is 23.7 Å². The molecule has 1 aliphatic rings. The van der Waals surface area contributed by atoms with Gasteiger partial charge in [0.05, 0.1) is 23.8 Å². The number of hydrogen-bond donors (Lipinski definition) is 2. The Morgan fingerprint density at radius 3 is 2.86 bits per heavy atom. The Bertz CT molecular complexity index is 1410. The first-order valence-corrected chi connectivity index (χ1v) is 12.0. The lowest BCUT2D eigenvalue weighted by Gasteiger charge is -2.33. The monoisotopic (exact) mass is 509 g/mol. The second kappa shape index (κ2) is 9.91. The molecule has 3 aromatic heterocycles. The molecule has 37 heavy (non-hydrogen) atoms. The van der Waals surface area contributed by atoms with E-state index >= 15 is 0 Å². The number of amides is 1. The summed E-state index contributed by atoms with van der Waals surface area (Å²) in [5.74, 6) is -0.298. The number of fused-ring (bicyclic) bond motifs is 1. The zero-order valence-corrected chi connectivity index (χ0v) is 20.8. The number of likely N-dealkylation sites (tertiary alicyclic amines) is 1. The van der Waals surface area contributed by atoms with Gasteiger partial charge >= 0.3 is 0 Å². The van der Waals surface area contributed by atoms with Gasteiger partial charge in [-0.15, -0.1) is 0 Å². The van der Waals surface area contributed by atoms with E-state index in [1.807, 2.05) is 0 Å². The number of methoxy groups -OCH3 is 1. The van der Waals surface area contributed by atoms with Gasteiger partial charge in [-0.05, 0) is 44.9 Å². The van der Waals surface area contributed by atoms with Crippen LogP contribution < -0.4 is 4.74 Å². The topological polar surface area (TPSA) is 127 Å². The number of aromatic nitrogens is 4. The number of halogens is 1. The molecule has 11 heteroatoms. The number of nitrogens with zero attached hydrogens (tertiary/aromatic N) is 4. The Kier molecular flexibility index (Phi) is 6.65. The SMILES string of the molecule is COCCOc1cc2[nH]nc(-c3cc(-c4ccc(C(=O)N5CCC[C@H]5C(C)(C)O)nc4)no3)c2cc1F. The summed E-state index contributed by atoms with van der Waals surface area (Å²) in [5, 5.41) is 22.2. The van der Waals surface area contributed by atoms with Crippen molar-refractivity contribution in [1.29, 1.82) is 0 Å². The highest BCUT2D eigenvalue weighted by molar-refractivity contribution is 5.94. The summed E-state index contributed by atoms with van der Waals surface area (Å²) >= 11 is 0. The molecule has 1 atom stereocenters. The van der Waals surface area contributed by atoms with E-state index in [2.05, 4.69) is 20.3 Å². The minimum absolute atomic E-state index is 0.0986. The highest BCUT2D eigenvalue weighted by Crippen LogP contribution is 2.33. The molecule has 4 aromatic rings. The highest BCUT2D eigenvalue weighted by Gasteiger charge is 2.39. The minimum atomic E-state index is -0.985. The molecule has 0 aliphatic carbocycles. The first kappa shape index (κ1) is 24.8. The van der Waals surface area contributed by atoms with Crippen LogP contribution in [0.1, 0.15) is 37.2 Å². The van der Waals surface area contributed by atoms with Gasteiger partial charge in [0.2, 0.25) is 0 Å². The van der Waals surface area contributed by atoms with Crippen LogP contribution in [0, 0.1) is 5.82 Å². The van der Waals surface area contributed by atoms with Crippen molar-refractivity contribution in [3.05, 3.63) is 48.0 Å². The third kappa shape index (κ3) is 4.92. The summed E-state index contributed by atoms with van der Waals surface area (Å²) in [5.41, 5.74) is 1.43. The van der Waals surface area contributed by atoms with E-state index in [-0.39, 0.29) is 24.3 Å². The van der Waals surface area contributed by atoms with Crippen molar-refractivity contribution >= 4 is 16.8 Å². The molecule has 10 nitrogen and oxygen atoms in total. The van der Waals surface area contributed by atoms with Crippen LogP contribution in [-0.4, -0.2) is 74.8 Å². The average molecular weight is 510 g/mol. The van der Waals surface area contributed by atoms with E-state index in [1.54, 1.807) is 50.3 Å². The third-order valence-electron chi connectivity index (χ3n) is 6.51. The van der Waals surface area contributed by atoms with Crippen molar-refractivity contribution in [3.63, 3.8) is 0 Å². The lowest BCUT2D eigenvalue weighted by Crippen LogP contribution is -2.48. The van der Waals surface area contributed by atoms with Crippen molar-refractivity contribution in [2.45, 2.75) is 38.3 Å². The predicted octanol–water partition coefficient (Wildman–Crippen LogP) is 3.82. The van der Waals surface area contributed by atoms with E-state index in [1.165, 1.54) is 12.1 Å². The van der Waals surface area contributed by atoms with Crippen LogP contribution in [0.5, 0.6) is 5.75 Å². The largest absolute Gasteiger partial charge is 0.488 e. The number of pyridine rings is 1. The molecule has 0 radical (unpaired) electrons. The van der Waals surface area contributed by atoms with E-state index in [9.17, 15) is 14.3 Å². The second-order valence-corrected chi connectivity index (χ2v) is 9.56. The maximum Gasteiger partial charge on any atom is 0.272 e. The summed E-state index contributed by atoms with van der Waals surface area (Å²) in [6.45, 7) is 4.59. The van der Waals surface area contributed by atoms with Crippen LogP contribution >= 0.6 is 0 Å². The molecular formula is C26H28FN5O5. The number of benzene rings is 1. The van der Waals surface area contributed by atoms with Gasteiger partial charge in [0, 0.05) is 42.9 Å². The number of aliphatic hydroxyl groups is 1. The van der Waals surface area contributed by atoms with Gasteiger partial charge in [-0.2, -0.15) is 5.10 Å². The van der Waals surface area contributed by atoms with Crippen LogP contribution in [-0.2, 0) is 4.74 Å². The normalized spacial score (nSPS) is 16.0. The number of ether oxygens (including phenoxy) is 2. The molecule has 1 aliphatic heterocycles. The molecule has 4 heterocycles. The Hall–Kier alpha value is -3.83. The lowest BCUT2D eigenvalue weighted by atomic mass is 9.96. The summed E-state index contributed by atoms with van der Waals surface area (Å²) in [7, 11) is 1.54.